The predicted molar refractivity (Wildman–Crippen MR) is 122 cm³/mol. The summed E-state index contributed by atoms with van der Waals surface area (Å²) in [7, 11) is 1.53. The van der Waals surface area contributed by atoms with E-state index in [1.807, 2.05) is 30.3 Å². The molecule has 4 rings (SSSR count). The normalized spacial score (nSPS) is 12.0. The van der Waals surface area contributed by atoms with Crippen molar-refractivity contribution in [1.29, 1.82) is 0 Å². The molecule has 32 heavy (non-hydrogen) atoms. The number of nitrogens with one attached hydrogen (secondary N) is 1. The number of benzene rings is 3. The van der Waals surface area contributed by atoms with E-state index in [-0.39, 0.29) is 18.9 Å². The maximum absolute atomic E-state index is 12.6. The van der Waals surface area contributed by atoms with Gasteiger partial charge < -0.3 is 14.6 Å². The van der Waals surface area contributed by atoms with Crippen molar-refractivity contribution in [3.8, 4) is 16.9 Å². The Morgan fingerprint density at radius 3 is 2.25 bits per heavy atom. The predicted octanol–water partition coefficient (Wildman–Crippen LogP) is 5.46. The van der Waals surface area contributed by atoms with Crippen LogP contribution in [-0.4, -0.2) is 30.9 Å². The molecule has 0 spiro atoms. The second-order valence-electron chi connectivity index (χ2n) is 7.73. The summed E-state index contributed by atoms with van der Waals surface area (Å²) in [6.07, 6.45) is 0.649. The Bertz CT molecular complexity index is 1100. The highest BCUT2D eigenvalue weighted by Gasteiger charge is 2.29. The molecule has 0 aliphatic heterocycles. The molecule has 164 valence electrons. The fourth-order valence-corrected chi connectivity index (χ4v) is 4.20. The Balaban J connectivity index is 1.44. The quantitative estimate of drug-likeness (QED) is 0.494. The van der Waals surface area contributed by atoms with Crippen LogP contribution in [0.4, 0.5) is 10.5 Å². The van der Waals surface area contributed by atoms with Gasteiger partial charge in [-0.2, -0.15) is 0 Å². The van der Waals surface area contributed by atoms with Gasteiger partial charge in [0.15, 0.2) is 0 Å². The highest BCUT2D eigenvalue weighted by Crippen LogP contribution is 2.44. The second-order valence-corrected chi connectivity index (χ2v) is 7.73. The monoisotopic (exact) mass is 431 g/mol. The number of carboxylic acids is 1. The molecule has 6 nitrogen and oxygen atoms in total. The van der Waals surface area contributed by atoms with Crippen molar-refractivity contribution in [3.63, 3.8) is 0 Å². The van der Waals surface area contributed by atoms with Crippen LogP contribution in [0, 0.1) is 0 Å². The molecule has 0 unspecified atom stereocenters. The van der Waals surface area contributed by atoms with Gasteiger partial charge in [-0.05, 0) is 52.8 Å². The smallest absolute Gasteiger partial charge is 0.411 e. The van der Waals surface area contributed by atoms with E-state index in [4.69, 9.17) is 14.6 Å². The van der Waals surface area contributed by atoms with E-state index in [1.165, 1.54) is 18.2 Å². The molecular weight excluding hydrogens is 406 g/mol. The molecule has 1 aliphatic rings. The minimum absolute atomic E-state index is 0.0163. The van der Waals surface area contributed by atoms with Crippen molar-refractivity contribution in [2.75, 3.05) is 19.0 Å². The molecule has 1 amide bonds. The number of hydrogen-bond donors (Lipinski definition) is 2. The lowest BCUT2D eigenvalue weighted by Gasteiger charge is -2.16. The number of amides is 1. The molecule has 0 bridgehead atoms. The summed E-state index contributed by atoms with van der Waals surface area (Å²) in [4.78, 5) is 23.4. The summed E-state index contributed by atoms with van der Waals surface area (Å²) in [5, 5.41) is 11.6. The largest absolute Gasteiger partial charge is 0.495 e. The van der Waals surface area contributed by atoms with Crippen LogP contribution in [-0.2, 0) is 16.0 Å². The Kier molecular flexibility index (Phi) is 6.40. The molecule has 0 heterocycles. The van der Waals surface area contributed by atoms with Crippen LogP contribution in [0.2, 0.25) is 0 Å². The Labute approximate surface area is 186 Å². The molecule has 0 saturated heterocycles. The summed E-state index contributed by atoms with van der Waals surface area (Å²) in [6, 6.07) is 21.8. The number of rotatable bonds is 8. The van der Waals surface area contributed by atoms with E-state index in [0.717, 1.165) is 16.7 Å². The molecular formula is C26H25NO5. The van der Waals surface area contributed by atoms with Gasteiger partial charge in [0.1, 0.15) is 12.4 Å². The van der Waals surface area contributed by atoms with Crippen molar-refractivity contribution in [3.05, 3.63) is 83.4 Å². The van der Waals surface area contributed by atoms with E-state index in [2.05, 4.69) is 29.6 Å². The number of carbonyl (C=O) groups is 2. The molecule has 0 aromatic heterocycles. The zero-order valence-corrected chi connectivity index (χ0v) is 17.8. The van der Waals surface area contributed by atoms with Crippen molar-refractivity contribution in [1.82, 2.24) is 0 Å². The molecule has 1 aliphatic carbocycles. The van der Waals surface area contributed by atoms with Crippen LogP contribution in [0.5, 0.6) is 5.75 Å². The maximum atomic E-state index is 12.6. The van der Waals surface area contributed by atoms with Crippen LogP contribution in [0.25, 0.3) is 11.1 Å². The summed E-state index contributed by atoms with van der Waals surface area (Å²) in [5.74, 6) is -0.326. The standard InChI is InChI=1S/C26H25NO5/c1-31-24-14-13-17(7-6-12-25(28)29)15-23(24)27-26(30)32-16-22-20-10-4-2-8-18(20)19-9-3-5-11-21(19)22/h2-5,8-11,13-15,22H,6-7,12,16H2,1H3,(H,27,30)(H,28,29). The average Bonchev–Trinajstić information content (AvgIpc) is 3.11. The lowest BCUT2D eigenvalue weighted by molar-refractivity contribution is -0.137. The first-order chi connectivity index (χ1) is 15.6. The van der Waals surface area contributed by atoms with E-state index in [1.54, 1.807) is 12.1 Å². The molecule has 0 saturated carbocycles. The Morgan fingerprint density at radius 2 is 1.62 bits per heavy atom. The number of fused-ring (bicyclic) bond motifs is 3. The number of ether oxygens (including phenoxy) is 2. The molecule has 0 atom stereocenters. The fraction of sp³-hybridized carbons (Fsp3) is 0.231. The van der Waals surface area contributed by atoms with E-state index < -0.39 is 12.1 Å². The van der Waals surface area contributed by atoms with Crippen molar-refractivity contribution in [2.45, 2.75) is 25.2 Å². The molecule has 0 fully saturated rings. The van der Waals surface area contributed by atoms with Gasteiger partial charge in [-0.1, -0.05) is 54.6 Å². The number of aliphatic carboxylic acids is 1. The van der Waals surface area contributed by atoms with E-state index >= 15 is 0 Å². The molecule has 3 aromatic rings. The van der Waals surface area contributed by atoms with Crippen molar-refractivity contribution in [2.24, 2.45) is 0 Å². The molecule has 6 heteroatoms. The van der Waals surface area contributed by atoms with E-state index in [9.17, 15) is 9.59 Å². The number of methoxy groups -OCH3 is 1. The maximum Gasteiger partial charge on any atom is 0.411 e. The van der Waals surface area contributed by atoms with Gasteiger partial charge >= 0.3 is 12.1 Å². The summed E-state index contributed by atoms with van der Waals surface area (Å²) in [5.41, 5.74) is 6.07. The van der Waals surface area contributed by atoms with Gasteiger partial charge in [0.25, 0.3) is 0 Å². The average molecular weight is 431 g/mol. The fourth-order valence-electron chi connectivity index (χ4n) is 4.20. The number of carbonyl (C=O) groups excluding carboxylic acids is 1. The van der Waals surface area contributed by atoms with Gasteiger partial charge in [-0.15, -0.1) is 0 Å². The number of anilines is 1. The lowest BCUT2D eigenvalue weighted by Crippen LogP contribution is -2.18. The minimum Gasteiger partial charge on any atom is -0.495 e. The number of hydrogen-bond acceptors (Lipinski definition) is 4. The van der Waals surface area contributed by atoms with Crippen LogP contribution >= 0.6 is 0 Å². The first kappa shape index (κ1) is 21.4. The van der Waals surface area contributed by atoms with Gasteiger partial charge in [-0.25, -0.2) is 4.79 Å². The zero-order valence-electron chi connectivity index (χ0n) is 17.8. The van der Waals surface area contributed by atoms with Crippen LogP contribution in [0.15, 0.2) is 66.7 Å². The third-order valence-corrected chi connectivity index (χ3v) is 5.70. The summed E-state index contributed by atoms with van der Waals surface area (Å²) < 4.78 is 11.0. The second kappa shape index (κ2) is 9.56. The van der Waals surface area contributed by atoms with Crippen molar-refractivity contribution >= 4 is 17.7 Å². The van der Waals surface area contributed by atoms with Gasteiger partial charge in [0.05, 0.1) is 12.8 Å². The first-order valence-electron chi connectivity index (χ1n) is 10.6. The lowest BCUT2D eigenvalue weighted by atomic mass is 9.98. The van der Waals surface area contributed by atoms with Crippen molar-refractivity contribution < 1.29 is 24.2 Å². The minimum atomic E-state index is -0.824. The van der Waals surface area contributed by atoms with Gasteiger partial charge in [0, 0.05) is 12.3 Å². The number of carboxylic acid groups (broad SMARTS) is 1. The highest BCUT2D eigenvalue weighted by atomic mass is 16.5. The van der Waals surface area contributed by atoms with Gasteiger partial charge in [-0.3, -0.25) is 10.1 Å². The van der Waals surface area contributed by atoms with Crippen LogP contribution in [0.1, 0.15) is 35.4 Å². The van der Waals surface area contributed by atoms with Crippen LogP contribution < -0.4 is 10.1 Å². The summed E-state index contributed by atoms with van der Waals surface area (Å²) in [6.45, 7) is 0.223. The van der Waals surface area contributed by atoms with Crippen LogP contribution in [0.3, 0.4) is 0 Å². The summed E-state index contributed by atoms with van der Waals surface area (Å²) >= 11 is 0. The highest BCUT2D eigenvalue weighted by molar-refractivity contribution is 5.87. The Hall–Kier alpha value is -3.80. The molecule has 3 aromatic carbocycles. The molecule has 2 N–H and O–H groups in total. The topological polar surface area (TPSA) is 84.9 Å². The van der Waals surface area contributed by atoms with E-state index in [0.29, 0.717) is 24.3 Å². The molecule has 0 radical (unpaired) electrons. The van der Waals surface area contributed by atoms with Gasteiger partial charge in [0.2, 0.25) is 0 Å². The Morgan fingerprint density at radius 1 is 0.969 bits per heavy atom. The SMILES string of the molecule is COc1ccc(CCCC(=O)O)cc1NC(=O)OCC1c2ccccc2-c2ccccc21. The zero-order chi connectivity index (χ0) is 22.5. The first-order valence-corrected chi connectivity index (χ1v) is 10.6. The number of aryl methyl sites for hydroxylation is 1. The third-order valence-electron chi connectivity index (χ3n) is 5.70. The third kappa shape index (κ3) is 4.59.